The monoisotopic (exact) mass is 221 g/mol. The molecule has 1 aromatic carbocycles. The Kier molecular flexibility index (Phi) is 4.36. The molecule has 90 valence electrons. The van der Waals surface area contributed by atoms with E-state index in [0.717, 1.165) is 13.2 Å². The fraction of sp³-hybridized carbons (Fsp3) is 0.571. The van der Waals surface area contributed by atoms with Crippen LogP contribution in [0.1, 0.15) is 31.9 Å². The molecule has 1 aromatic rings. The lowest BCUT2D eigenvalue weighted by Crippen LogP contribution is -2.13. The first-order valence-electron chi connectivity index (χ1n) is 5.79. The van der Waals surface area contributed by atoms with Crippen LogP contribution >= 0.6 is 0 Å². The molecule has 2 heteroatoms. The summed E-state index contributed by atoms with van der Waals surface area (Å²) in [6.07, 6.45) is 0. The van der Waals surface area contributed by atoms with Crippen molar-refractivity contribution in [3.63, 3.8) is 0 Å². The van der Waals surface area contributed by atoms with Gasteiger partial charge in [0, 0.05) is 19.3 Å². The molecule has 0 amide bonds. The smallest absolute Gasteiger partial charge is 0.0635 e. The van der Waals surface area contributed by atoms with E-state index in [0.29, 0.717) is 0 Å². The van der Waals surface area contributed by atoms with Gasteiger partial charge in [0.1, 0.15) is 0 Å². The molecule has 0 radical (unpaired) electrons. The van der Waals surface area contributed by atoms with Gasteiger partial charge in [0.15, 0.2) is 0 Å². The van der Waals surface area contributed by atoms with Crippen LogP contribution in [0, 0.1) is 6.92 Å². The van der Waals surface area contributed by atoms with Crippen LogP contribution in [0.4, 0.5) is 5.69 Å². The van der Waals surface area contributed by atoms with Gasteiger partial charge in [-0.15, -0.1) is 0 Å². The van der Waals surface area contributed by atoms with E-state index in [9.17, 15) is 0 Å². The predicted octanol–water partition coefficient (Wildman–Crippen LogP) is 3.35. The topological polar surface area (TPSA) is 21.3 Å². The maximum Gasteiger partial charge on any atom is 0.0635 e. The molecule has 1 N–H and O–H groups in total. The number of aryl methyl sites for hydroxylation is 1. The standard InChI is InChI=1S/C14H23NO/c1-11-10-12(14(2,3)4)6-7-13(11)15-8-9-16-5/h6-7,10,15H,8-9H2,1-5H3. The van der Waals surface area contributed by atoms with Crippen molar-refractivity contribution in [3.05, 3.63) is 29.3 Å². The van der Waals surface area contributed by atoms with Crippen LogP contribution in [0.5, 0.6) is 0 Å². The van der Waals surface area contributed by atoms with Crippen molar-refractivity contribution in [2.24, 2.45) is 0 Å². The van der Waals surface area contributed by atoms with E-state index in [-0.39, 0.29) is 5.41 Å². The summed E-state index contributed by atoms with van der Waals surface area (Å²) >= 11 is 0. The molecule has 0 heterocycles. The largest absolute Gasteiger partial charge is 0.383 e. The molecule has 0 atom stereocenters. The number of rotatable bonds is 4. The molecule has 0 saturated heterocycles. The van der Waals surface area contributed by atoms with E-state index in [4.69, 9.17) is 4.74 Å². The number of methoxy groups -OCH3 is 1. The van der Waals surface area contributed by atoms with Crippen LogP contribution in [0.15, 0.2) is 18.2 Å². The normalized spacial score (nSPS) is 11.6. The summed E-state index contributed by atoms with van der Waals surface area (Å²) in [5, 5.41) is 3.37. The van der Waals surface area contributed by atoms with E-state index in [2.05, 4.69) is 51.2 Å². The summed E-state index contributed by atoms with van der Waals surface area (Å²) in [7, 11) is 1.72. The van der Waals surface area contributed by atoms with Crippen LogP contribution in [-0.2, 0) is 10.2 Å². The van der Waals surface area contributed by atoms with Crippen molar-refractivity contribution < 1.29 is 4.74 Å². The van der Waals surface area contributed by atoms with Gasteiger partial charge in [-0.25, -0.2) is 0 Å². The number of benzene rings is 1. The van der Waals surface area contributed by atoms with E-state index in [1.165, 1.54) is 16.8 Å². The van der Waals surface area contributed by atoms with E-state index in [1.807, 2.05) is 0 Å². The van der Waals surface area contributed by atoms with Gasteiger partial charge in [0.2, 0.25) is 0 Å². The Morgan fingerprint density at radius 3 is 2.44 bits per heavy atom. The second-order valence-electron chi connectivity index (χ2n) is 5.20. The zero-order valence-electron chi connectivity index (χ0n) is 11.1. The summed E-state index contributed by atoms with van der Waals surface area (Å²) in [4.78, 5) is 0. The predicted molar refractivity (Wildman–Crippen MR) is 70.2 cm³/mol. The highest BCUT2D eigenvalue weighted by molar-refractivity contribution is 5.52. The Labute approximate surface area is 99.0 Å². The molecule has 0 aliphatic heterocycles. The molecular weight excluding hydrogens is 198 g/mol. The minimum absolute atomic E-state index is 0.218. The van der Waals surface area contributed by atoms with Crippen molar-refractivity contribution in [3.8, 4) is 0 Å². The summed E-state index contributed by atoms with van der Waals surface area (Å²) in [6.45, 7) is 10.4. The fourth-order valence-electron chi connectivity index (χ4n) is 1.62. The second kappa shape index (κ2) is 5.35. The van der Waals surface area contributed by atoms with Crippen molar-refractivity contribution in [2.75, 3.05) is 25.6 Å². The summed E-state index contributed by atoms with van der Waals surface area (Å²) < 4.78 is 5.02. The average molecular weight is 221 g/mol. The first-order valence-corrected chi connectivity index (χ1v) is 5.79. The van der Waals surface area contributed by atoms with Gasteiger partial charge >= 0.3 is 0 Å². The molecule has 0 spiro atoms. The minimum Gasteiger partial charge on any atom is -0.383 e. The third-order valence-corrected chi connectivity index (χ3v) is 2.71. The van der Waals surface area contributed by atoms with Gasteiger partial charge in [0.05, 0.1) is 6.61 Å². The Morgan fingerprint density at radius 1 is 1.25 bits per heavy atom. The first-order chi connectivity index (χ1) is 7.45. The second-order valence-corrected chi connectivity index (χ2v) is 5.20. The number of ether oxygens (including phenoxy) is 1. The maximum atomic E-state index is 5.02. The van der Waals surface area contributed by atoms with Crippen molar-refractivity contribution in [2.45, 2.75) is 33.1 Å². The number of hydrogen-bond donors (Lipinski definition) is 1. The van der Waals surface area contributed by atoms with Crippen LogP contribution < -0.4 is 5.32 Å². The molecule has 0 bridgehead atoms. The molecule has 0 aliphatic carbocycles. The van der Waals surface area contributed by atoms with Crippen molar-refractivity contribution in [1.29, 1.82) is 0 Å². The zero-order chi connectivity index (χ0) is 12.2. The Morgan fingerprint density at radius 2 is 1.94 bits per heavy atom. The highest BCUT2D eigenvalue weighted by Crippen LogP contribution is 2.26. The molecular formula is C14H23NO. The number of hydrogen-bond acceptors (Lipinski definition) is 2. The Bertz CT molecular complexity index is 339. The lowest BCUT2D eigenvalue weighted by atomic mass is 9.86. The van der Waals surface area contributed by atoms with Gasteiger partial charge in [-0.2, -0.15) is 0 Å². The summed E-state index contributed by atoms with van der Waals surface area (Å²) in [5.74, 6) is 0. The van der Waals surface area contributed by atoms with Gasteiger partial charge in [0.25, 0.3) is 0 Å². The number of nitrogens with one attached hydrogen (secondary N) is 1. The molecule has 0 unspecified atom stereocenters. The zero-order valence-corrected chi connectivity index (χ0v) is 11.1. The molecule has 16 heavy (non-hydrogen) atoms. The molecule has 0 aliphatic rings. The lowest BCUT2D eigenvalue weighted by Gasteiger charge is -2.21. The third-order valence-electron chi connectivity index (χ3n) is 2.71. The van der Waals surface area contributed by atoms with Crippen LogP contribution in [0.3, 0.4) is 0 Å². The van der Waals surface area contributed by atoms with Crippen LogP contribution in [-0.4, -0.2) is 20.3 Å². The maximum absolute atomic E-state index is 5.02. The van der Waals surface area contributed by atoms with Crippen molar-refractivity contribution >= 4 is 5.69 Å². The summed E-state index contributed by atoms with van der Waals surface area (Å²) in [5.41, 5.74) is 4.09. The molecule has 1 rings (SSSR count). The SMILES string of the molecule is COCCNc1ccc(C(C)(C)C)cc1C. The van der Waals surface area contributed by atoms with Gasteiger partial charge in [-0.05, 0) is 29.5 Å². The van der Waals surface area contributed by atoms with Gasteiger partial charge in [-0.1, -0.05) is 32.9 Å². The summed E-state index contributed by atoms with van der Waals surface area (Å²) in [6, 6.07) is 6.61. The average Bonchev–Trinajstić information content (AvgIpc) is 2.19. The molecule has 0 fully saturated rings. The Balaban J connectivity index is 2.76. The first kappa shape index (κ1) is 13.0. The third kappa shape index (κ3) is 3.53. The van der Waals surface area contributed by atoms with E-state index in [1.54, 1.807) is 7.11 Å². The van der Waals surface area contributed by atoms with E-state index >= 15 is 0 Å². The minimum atomic E-state index is 0.218. The highest BCUT2D eigenvalue weighted by Gasteiger charge is 2.14. The van der Waals surface area contributed by atoms with Gasteiger partial charge in [-0.3, -0.25) is 0 Å². The molecule has 0 aromatic heterocycles. The van der Waals surface area contributed by atoms with Crippen molar-refractivity contribution in [1.82, 2.24) is 0 Å². The lowest BCUT2D eigenvalue weighted by molar-refractivity contribution is 0.211. The quantitative estimate of drug-likeness (QED) is 0.787. The Hall–Kier alpha value is -1.02. The highest BCUT2D eigenvalue weighted by atomic mass is 16.5. The number of anilines is 1. The molecule has 0 saturated carbocycles. The fourth-order valence-corrected chi connectivity index (χ4v) is 1.62. The van der Waals surface area contributed by atoms with E-state index < -0.39 is 0 Å². The van der Waals surface area contributed by atoms with Gasteiger partial charge < -0.3 is 10.1 Å². The van der Waals surface area contributed by atoms with Crippen LogP contribution in [0.25, 0.3) is 0 Å². The van der Waals surface area contributed by atoms with Crippen LogP contribution in [0.2, 0.25) is 0 Å². The molecule has 2 nitrogen and oxygen atoms in total.